The summed E-state index contributed by atoms with van der Waals surface area (Å²) in [4.78, 5) is 0. The highest BCUT2D eigenvalue weighted by Crippen LogP contribution is 2.34. The highest BCUT2D eigenvalue weighted by molar-refractivity contribution is 4.87. The molecule has 0 aromatic carbocycles. The van der Waals surface area contributed by atoms with Crippen LogP contribution in [0.15, 0.2) is 0 Å². The molecule has 0 saturated heterocycles. The summed E-state index contributed by atoms with van der Waals surface area (Å²) in [6.45, 7) is 5.36. The SMILES string of the molecule is CCCOCC1CCC1CNC1CC1. The summed E-state index contributed by atoms with van der Waals surface area (Å²) in [7, 11) is 0. The zero-order valence-corrected chi connectivity index (χ0v) is 9.30. The van der Waals surface area contributed by atoms with Gasteiger partial charge in [-0.15, -0.1) is 0 Å². The fourth-order valence-electron chi connectivity index (χ4n) is 2.11. The molecule has 0 spiro atoms. The number of hydrogen-bond acceptors (Lipinski definition) is 2. The lowest BCUT2D eigenvalue weighted by Gasteiger charge is -2.36. The van der Waals surface area contributed by atoms with Crippen LogP contribution in [0.4, 0.5) is 0 Å². The molecule has 2 unspecified atom stereocenters. The predicted molar refractivity (Wildman–Crippen MR) is 58.3 cm³/mol. The molecule has 1 N–H and O–H groups in total. The van der Waals surface area contributed by atoms with E-state index < -0.39 is 0 Å². The third-order valence-electron chi connectivity index (χ3n) is 3.50. The van der Waals surface area contributed by atoms with Gasteiger partial charge in [0.25, 0.3) is 0 Å². The number of ether oxygens (including phenoxy) is 1. The Kier molecular flexibility index (Phi) is 3.82. The van der Waals surface area contributed by atoms with Crippen LogP contribution in [0, 0.1) is 11.8 Å². The molecule has 2 nitrogen and oxygen atoms in total. The summed E-state index contributed by atoms with van der Waals surface area (Å²) in [6, 6.07) is 0.868. The van der Waals surface area contributed by atoms with Crippen LogP contribution in [0.25, 0.3) is 0 Å². The average molecular weight is 197 g/mol. The Bertz CT molecular complexity index is 168. The zero-order valence-electron chi connectivity index (χ0n) is 9.30. The highest BCUT2D eigenvalue weighted by Gasteiger charge is 2.32. The van der Waals surface area contributed by atoms with E-state index >= 15 is 0 Å². The topological polar surface area (TPSA) is 21.3 Å². The fourth-order valence-corrected chi connectivity index (χ4v) is 2.11. The summed E-state index contributed by atoms with van der Waals surface area (Å²) < 4.78 is 5.61. The van der Waals surface area contributed by atoms with Gasteiger partial charge in [-0.25, -0.2) is 0 Å². The molecule has 14 heavy (non-hydrogen) atoms. The molecule has 0 aliphatic heterocycles. The maximum atomic E-state index is 5.61. The lowest BCUT2D eigenvalue weighted by molar-refractivity contribution is 0.0321. The van der Waals surface area contributed by atoms with E-state index in [0.717, 1.165) is 37.5 Å². The Morgan fingerprint density at radius 1 is 1.14 bits per heavy atom. The molecular formula is C12H23NO. The van der Waals surface area contributed by atoms with Gasteiger partial charge >= 0.3 is 0 Å². The summed E-state index contributed by atoms with van der Waals surface area (Å²) in [5, 5.41) is 3.62. The molecule has 2 aliphatic rings. The number of hydrogen-bond donors (Lipinski definition) is 1. The van der Waals surface area contributed by atoms with Gasteiger partial charge in [0.15, 0.2) is 0 Å². The molecule has 0 aromatic rings. The Balaban J connectivity index is 1.53. The minimum absolute atomic E-state index is 0.854. The first-order valence-electron chi connectivity index (χ1n) is 6.21. The molecule has 2 fully saturated rings. The molecule has 82 valence electrons. The van der Waals surface area contributed by atoms with Gasteiger partial charge in [0.1, 0.15) is 0 Å². The van der Waals surface area contributed by atoms with Gasteiger partial charge < -0.3 is 10.1 Å². The monoisotopic (exact) mass is 197 g/mol. The van der Waals surface area contributed by atoms with Crippen LogP contribution in [0.5, 0.6) is 0 Å². The van der Waals surface area contributed by atoms with E-state index in [2.05, 4.69) is 12.2 Å². The third-order valence-corrected chi connectivity index (χ3v) is 3.50. The fraction of sp³-hybridized carbons (Fsp3) is 1.00. The molecule has 2 heteroatoms. The van der Waals surface area contributed by atoms with Crippen LogP contribution in [0.1, 0.15) is 39.0 Å². The van der Waals surface area contributed by atoms with E-state index in [1.54, 1.807) is 0 Å². The van der Waals surface area contributed by atoms with Gasteiger partial charge in [-0.1, -0.05) is 6.92 Å². The molecule has 0 amide bonds. The Hall–Kier alpha value is -0.0800. The van der Waals surface area contributed by atoms with Crippen LogP contribution in [0.3, 0.4) is 0 Å². The van der Waals surface area contributed by atoms with E-state index in [0.29, 0.717) is 0 Å². The van der Waals surface area contributed by atoms with Crippen molar-refractivity contribution in [1.82, 2.24) is 5.32 Å². The van der Waals surface area contributed by atoms with Crippen molar-refractivity contribution in [2.45, 2.75) is 45.1 Å². The molecule has 2 saturated carbocycles. The van der Waals surface area contributed by atoms with Crippen LogP contribution in [0.2, 0.25) is 0 Å². The minimum Gasteiger partial charge on any atom is -0.381 e. The van der Waals surface area contributed by atoms with Crippen LogP contribution in [-0.2, 0) is 4.74 Å². The summed E-state index contributed by atoms with van der Waals surface area (Å²) in [5.41, 5.74) is 0. The van der Waals surface area contributed by atoms with Gasteiger partial charge in [-0.05, 0) is 50.5 Å². The predicted octanol–water partition coefficient (Wildman–Crippen LogP) is 2.19. The highest BCUT2D eigenvalue weighted by atomic mass is 16.5. The molecule has 2 aliphatic carbocycles. The summed E-state index contributed by atoms with van der Waals surface area (Å²) in [5.74, 6) is 1.76. The maximum Gasteiger partial charge on any atom is 0.0497 e. The van der Waals surface area contributed by atoms with Crippen molar-refractivity contribution in [3.63, 3.8) is 0 Å². The van der Waals surface area contributed by atoms with E-state index in [1.165, 1.54) is 32.2 Å². The lowest BCUT2D eigenvalue weighted by atomic mass is 9.74. The normalized spacial score (nSPS) is 31.5. The smallest absolute Gasteiger partial charge is 0.0497 e. The molecular weight excluding hydrogens is 174 g/mol. The van der Waals surface area contributed by atoms with E-state index in [1.807, 2.05) is 0 Å². The Labute approximate surface area is 87.4 Å². The Morgan fingerprint density at radius 2 is 1.93 bits per heavy atom. The van der Waals surface area contributed by atoms with Crippen LogP contribution >= 0.6 is 0 Å². The minimum atomic E-state index is 0.854. The zero-order chi connectivity index (χ0) is 9.80. The second-order valence-corrected chi connectivity index (χ2v) is 4.85. The standard InChI is InChI=1S/C12H23NO/c1-2-7-14-9-11-4-3-10(11)8-13-12-5-6-12/h10-13H,2-9H2,1H3. The first-order chi connectivity index (χ1) is 6.90. The van der Waals surface area contributed by atoms with E-state index in [-0.39, 0.29) is 0 Å². The summed E-state index contributed by atoms with van der Waals surface area (Å²) in [6.07, 6.45) is 6.77. The first kappa shape index (κ1) is 10.4. The van der Waals surface area contributed by atoms with Crippen molar-refractivity contribution < 1.29 is 4.74 Å². The molecule has 0 radical (unpaired) electrons. The van der Waals surface area contributed by atoms with E-state index in [4.69, 9.17) is 4.74 Å². The van der Waals surface area contributed by atoms with Crippen molar-refractivity contribution in [2.75, 3.05) is 19.8 Å². The molecule has 0 bridgehead atoms. The average Bonchev–Trinajstić information content (AvgIpc) is 2.94. The first-order valence-corrected chi connectivity index (χ1v) is 6.21. The maximum absolute atomic E-state index is 5.61. The van der Waals surface area contributed by atoms with Crippen molar-refractivity contribution in [3.8, 4) is 0 Å². The molecule has 0 aromatic heterocycles. The largest absolute Gasteiger partial charge is 0.381 e. The quantitative estimate of drug-likeness (QED) is 0.632. The number of rotatable bonds is 7. The van der Waals surface area contributed by atoms with Gasteiger partial charge in [0.2, 0.25) is 0 Å². The van der Waals surface area contributed by atoms with Crippen LogP contribution < -0.4 is 5.32 Å². The second-order valence-electron chi connectivity index (χ2n) is 4.85. The van der Waals surface area contributed by atoms with Crippen molar-refractivity contribution >= 4 is 0 Å². The van der Waals surface area contributed by atoms with Crippen molar-refractivity contribution in [1.29, 1.82) is 0 Å². The third kappa shape index (κ3) is 2.96. The van der Waals surface area contributed by atoms with Gasteiger partial charge in [-0.3, -0.25) is 0 Å². The lowest BCUT2D eigenvalue weighted by Crippen LogP contribution is -2.38. The van der Waals surface area contributed by atoms with Crippen molar-refractivity contribution in [2.24, 2.45) is 11.8 Å². The summed E-state index contributed by atoms with van der Waals surface area (Å²) >= 11 is 0. The second kappa shape index (κ2) is 5.13. The van der Waals surface area contributed by atoms with Gasteiger partial charge in [0, 0.05) is 19.3 Å². The molecule has 2 atom stereocenters. The van der Waals surface area contributed by atoms with E-state index in [9.17, 15) is 0 Å². The van der Waals surface area contributed by atoms with Gasteiger partial charge in [0.05, 0.1) is 0 Å². The number of nitrogens with one attached hydrogen (secondary N) is 1. The molecule has 2 rings (SSSR count). The van der Waals surface area contributed by atoms with Gasteiger partial charge in [-0.2, -0.15) is 0 Å². The molecule has 0 heterocycles. The Morgan fingerprint density at radius 3 is 2.50 bits per heavy atom. The van der Waals surface area contributed by atoms with Crippen molar-refractivity contribution in [3.05, 3.63) is 0 Å². The van der Waals surface area contributed by atoms with Crippen LogP contribution in [-0.4, -0.2) is 25.8 Å².